The summed E-state index contributed by atoms with van der Waals surface area (Å²) in [6.07, 6.45) is 3.38. The van der Waals surface area contributed by atoms with Crippen molar-refractivity contribution >= 4 is 74.2 Å². The number of fused-ring (bicyclic) bond motifs is 1. The standard InChI is InChI=1S/C45H52ClFN8O7S/c1-25(2)62-38-20-36(27(5)17-34(38)50-45-48-21-31(46)43(52-45)49-33-9-7-8-10-39(33)63(60,61)26(3)4)54-15-13-30(14-16-54)53(6)22-28-18-29-23-55(35-11-12-40(58)51-44(35)59)42(37(57)24-56)41(29)32(47)19-28/h7-10,17-21,24-26,30,35,42H,11-16,22-23H2,1-6H3,(H,51,58,59)(H2,48,49,50,52). The molecule has 2 fully saturated rings. The van der Waals surface area contributed by atoms with Gasteiger partial charge in [-0.1, -0.05) is 29.8 Å². The smallest absolute Gasteiger partial charge is 0.243 e. The first-order chi connectivity index (χ1) is 29.9. The van der Waals surface area contributed by atoms with Gasteiger partial charge in [0.05, 0.1) is 39.9 Å². The molecule has 4 heterocycles. The Kier molecular flexibility index (Phi) is 13.5. The van der Waals surface area contributed by atoms with Crippen LogP contribution in [0.15, 0.2) is 59.6 Å². The Hall–Kier alpha value is -5.49. The number of aromatic nitrogens is 2. The van der Waals surface area contributed by atoms with Crippen molar-refractivity contribution < 1.29 is 36.7 Å². The molecule has 0 saturated carbocycles. The van der Waals surface area contributed by atoms with Crippen molar-refractivity contribution in [2.45, 2.75) is 108 Å². The van der Waals surface area contributed by atoms with Gasteiger partial charge in [-0.3, -0.25) is 34.3 Å². The molecule has 63 heavy (non-hydrogen) atoms. The van der Waals surface area contributed by atoms with E-state index in [9.17, 15) is 27.6 Å². The van der Waals surface area contributed by atoms with Gasteiger partial charge in [-0.05, 0) is 102 Å². The summed E-state index contributed by atoms with van der Waals surface area (Å²) in [5.41, 5.74) is 4.36. The van der Waals surface area contributed by atoms with Crippen LogP contribution in [0.25, 0.3) is 0 Å². The molecule has 0 radical (unpaired) electrons. The van der Waals surface area contributed by atoms with Gasteiger partial charge in [0.15, 0.2) is 21.9 Å². The van der Waals surface area contributed by atoms with E-state index in [1.165, 1.54) is 17.2 Å². The van der Waals surface area contributed by atoms with Crippen molar-refractivity contribution in [3.63, 3.8) is 0 Å². The lowest BCUT2D eigenvalue weighted by molar-refractivity contribution is -0.141. The van der Waals surface area contributed by atoms with Crippen molar-refractivity contribution in [3.8, 4) is 5.75 Å². The lowest BCUT2D eigenvalue weighted by Gasteiger charge is -2.38. The van der Waals surface area contributed by atoms with E-state index < -0.39 is 50.6 Å². The normalized spacial score (nSPS) is 18.5. The van der Waals surface area contributed by atoms with Gasteiger partial charge in [-0.15, -0.1) is 0 Å². The highest BCUT2D eigenvalue weighted by Crippen LogP contribution is 2.41. The number of ketones is 1. The molecule has 0 bridgehead atoms. The number of carbonyl (C=O) groups excluding carboxylic acids is 4. The SMILES string of the molecule is Cc1cc(Nc2ncc(Cl)c(Nc3ccccc3S(=O)(=O)C(C)C)n2)c(OC(C)C)cc1N1CCC(N(C)Cc2cc(F)c3c(c2)CN(C2CCC(=O)NC2=O)C3C(=O)C=O)CC1. The Morgan fingerprint density at radius 3 is 2.48 bits per heavy atom. The van der Waals surface area contributed by atoms with Crippen LogP contribution in [-0.2, 0) is 42.1 Å². The lowest BCUT2D eigenvalue weighted by Crippen LogP contribution is -2.52. The highest BCUT2D eigenvalue weighted by molar-refractivity contribution is 7.92. The first-order valence-corrected chi connectivity index (χ1v) is 22.9. The van der Waals surface area contributed by atoms with Gasteiger partial charge in [0, 0.05) is 56.0 Å². The highest BCUT2D eigenvalue weighted by Gasteiger charge is 2.45. The Bertz CT molecular complexity index is 2550. The van der Waals surface area contributed by atoms with Crippen molar-refractivity contribution in [1.29, 1.82) is 0 Å². The molecule has 4 aromatic rings. The van der Waals surface area contributed by atoms with E-state index in [1.54, 1.807) is 38.1 Å². The van der Waals surface area contributed by atoms with Crippen molar-refractivity contribution in [2.75, 3.05) is 35.7 Å². The number of rotatable bonds is 15. The van der Waals surface area contributed by atoms with Crippen LogP contribution in [-0.4, -0.2) is 95.6 Å². The van der Waals surface area contributed by atoms with Crippen LogP contribution >= 0.6 is 11.6 Å². The van der Waals surface area contributed by atoms with Gasteiger partial charge in [0.2, 0.25) is 23.5 Å². The monoisotopic (exact) mass is 902 g/mol. The number of imide groups is 1. The summed E-state index contributed by atoms with van der Waals surface area (Å²) in [6, 6.07) is 12.0. The number of anilines is 5. The zero-order chi connectivity index (χ0) is 45.3. The van der Waals surface area contributed by atoms with E-state index in [0.29, 0.717) is 34.8 Å². The fourth-order valence-corrected chi connectivity index (χ4v) is 9.98. The number of nitrogens with zero attached hydrogens (tertiary/aromatic N) is 5. The van der Waals surface area contributed by atoms with Crippen LogP contribution in [0.3, 0.4) is 0 Å². The summed E-state index contributed by atoms with van der Waals surface area (Å²) in [7, 11) is -1.60. The van der Waals surface area contributed by atoms with Crippen molar-refractivity contribution in [3.05, 3.63) is 87.8 Å². The van der Waals surface area contributed by atoms with Crippen LogP contribution in [0.1, 0.15) is 81.7 Å². The quantitative estimate of drug-likeness (QED) is 0.0662. The Morgan fingerprint density at radius 2 is 1.79 bits per heavy atom. The van der Waals surface area contributed by atoms with Gasteiger partial charge in [0.25, 0.3) is 0 Å². The van der Waals surface area contributed by atoms with E-state index in [0.717, 1.165) is 37.2 Å². The molecular formula is C45H52ClFN8O7S. The molecule has 0 spiro atoms. The second kappa shape index (κ2) is 18.7. The average molecular weight is 903 g/mol. The summed E-state index contributed by atoms with van der Waals surface area (Å²) < 4.78 is 48.4. The van der Waals surface area contributed by atoms with Gasteiger partial charge in [0.1, 0.15) is 22.6 Å². The molecule has 2 atom stereocenters. The molecule has 18 heteroatoms. The molecule has 2 saturated heterocycles. The van der Waals surface area contributed by atoms with E-state index >= 15 is 4.39 Å². The number of aryl methyl sites for hydroxylation is 1. The lowest BCUT2D eigenvalue weighted by atomic mass is 9.96. The Balaban J connectivity index is 1.03. The van der Waals surface area contributed by atoms with Gasteiger partial charge >= 0.3 is 0 Å². The van der Waals surface area contributed by atoms with Gasteiger partial charge in [-0.25, -0.2) is 17.8 Å². The number of benzene rings is 3. The third-order valence-electron chi connectivity index (χ3n) is 11.8. The highest BCUT2D eigenvalue weighted by atomic mass is 35.5. The first-order valence-electron chi connectivity index (χ1n) is 21.0. The minimum absolute atomic E-state index is 0.0885. The van der Waals surface area contributed by atoms with Gasteiger partial charge < -0.3 is 20.3 Å². The van der Waals surface area contributed by atoms with Crippen LogP contribution in [0, 0.1) is 12.7 Å². The van der Waals surface area contributed by atoms with Crippen LogP contribution in [0.4, 0.5) is 33.2 Å². The Morgan fingerprint density at radius 1 is 1.06 bits per heavy atom. The minimum atomic E-state index is -3.60. The van der Waals surface area contributed by atoms with Crippen LogP contribution in [0.2, 0.25) is 5.02 Å². The fraction of sp³-hybridized carbons (Fsp3) is 0.422. The number of hydrogen-bond acceptors (Lipinski definition) is 14. The average Bonchev–Trinajstić information content (AvgIpc) is 3.62. The molecule has 1 aromatic heterocycles. The number of halogens is 2. The molecule has 3 aliphatic heterocycles. The maximum absolute atomic E-state index is 15.9. The molecule has 3 N–H and O–H groups in total. The van der Waals surface area contributed by atoms with Crippen molar-refractivity contribution in [2.24, 2.45) is 0 Å². The number of aldehydes is 1. The first kappa shape index (κ1) is 45.5. The zero-order valence-electron chi connectivity index (χ0n) is 36.1. The molecule has 2 amide bonds. The number of piperidine rings is 2. The molecular weight excluding hydrogens is 851 g/mol. The Labute approximate surface area is 371 Å². The molecule has 2 unspecified atom stereocenters. The minimum Gasteiger partial charge on any atom is -0.489 e. The second-order valence-corrected chi connectivity index (χ2v) is 19.8. The number of sulfone groups is 1. The number of Topliss-reactive ketones (excluding diaryl/α,β-unsaturated/α-hetero) is 1. The van der Waals surface area contributed by atoms with E-state index in [2.05, 4.69) is 35.7 Å². The summed E-state index contributed by atoms with van der Waals surface area (Å²) in [5, 5.41) is 8.25. The predicted octanol–water partition coefficient (Wildman–Crippen LogP) is 6.56. The van der Waals surface area contributed by atoms with Gasteiger partial charge in [-0.2, -0.15) is 4.98 Å². The van der Waals surface area contributed by atoms with Crippen molar-refractivity contribution in [1.82, 2.24) is 25.1 Å². The summed E-state index contributed by atoms with van der Waals surface area (Å²) in [4.78, 5) is 64.2. The number of ether oxygens (including phenoxy) is 1. The summed E-state index contributed by atoms with van der Waals surface area (Å²) in [6.45, 7) is 11.2. The molecule has 3 aromatic carbocycles. The molecule has 7 rings (SSSR count). The zero-order valence-corrected chi connectivity index (χ0v) is 37.6. The number of nitrogens with one attached hydrogen (secondary N) is 3. The van der Waals surface area contributed by atoms with E-state index in [4.69, 9.17) is 16.3 Å². The predicted molar refractivity (Wildman–Crippen MR) is 238 cm³/mol. The maximum atomic E-state index is 15.9. The maximum Gasteiger partial charge on any atom is 0.243 e. The number of amides is 2. The topological polar surface area (TPSA) is 183 Å². The van der Waals surface area contributed by atoms with E-state index in [1.807, 2.05) is 46.0 Å². The molecule has 15 nitrogen and oxygen atoms in total. The third kappa shape index (κ3) is 9.71. The molecule has 0 aliphatic carbocycles. The summed E-state index contributed by atoms with van der Waals surface area (Å²) in [5.74, 6) is -1.36. The van der Waals surface area contributed by atoms with Crippen LogP contribution in [0.5, 0.6) is 5.75 Å². The second-order valence-electron chi connectivity index (χ2n) is 16.9. The third-order valence-corrected chi connectivity index (χ3v) is 14.3. The molecule has 334 valence electrons. The van der Waals surface area contributed by atoms with Crippen LogP contribution < -0.4 is 25.6 Å². The fourth-order valence-electron chi connectivity index (χ4n) is 8.64. The number of carbonyl (C=O) groups is 4. The number of para-hydroxylation sites is 1. The molecule has 3 aliphatic rings. The van der Waals surface area contributed by atoms with E-state index in [-0.39, 0.29) is 65.1 Å². The summed E-state index contributed by atoms with van der Waals surface area (Å²) >= 11 is 6.51. The largest absolute Gasteiger partial charge is 0.489 e. The number of hydrogen-bond donors (Lipinski definition) is 3.